The summed E-state index contributed by atoms with van der Waals surface area (Å²) in [4.78, 5) is 5.89. The van der Waals surface area contributed by atoms with E-state index in [1.54, 1.807) is 32.7 Å². The van der Waals surface area contributed by atoms with E-state index in [1.165, 1.54) is 36.2 Å². The summed E-state index contributed by atoms with van der Waals surface area (Å²) >= 11 is 2.08. The van der Waals surface area contributed by atoms with E-state index < -0.39 is 0 Å². The average Bonchev–Trinajstić information content (AvgIpc) is 2.88. The Morgan fingerprint density at radius 3 is 2.43 bits per heavy atom. The van der Waals surface area contributed by atoms with Crippen LogP contribution in [-0.4, -0.2) is 24.5 Å². The number of likely N-dealkylation sites (tertiary alicyclic amines) is 1. The summed E-state index contributed by atoms with van der Waals surface area (Å²) in [5.41, 5.74) is 10.3. The van der Waals surface area contributed by atoms with Crippen LogP contribution < -0.4 is 0 Å². The van der Waals surface area contributed by atoms with Crippen LogP contribution >= 0.6 is 11.3 Å². The number of aryl methyl sites for hydroxylation is 2. The Labute approximate surface area is 175 Å². The number of fused-ring (bicyclic) bond motifs is 2. The van der Waals surface area contributed by atoms with Crippen molar-refractivity contribution in [1.29, 1.82) is 0 Å². The molecule has 1 unspecified atom stereocenters. The summed E-state index contributed by atoms with van der Waals surface area (Å²) in [6.45, 7) is 18.5. The van der Waals surface area contributed by atoms with Gasteiger partial charge in [0, 0.05) is 26.6 Å². The predicted molar refractivity (Wildman–Crippen MR) is 121 cm³/mol. The lowest BCUT2D eigenvalue weighted by molar-refractivity contribution is -0.0878. The summed E-state index contributed by atoms with van der Waals surface area (Å²) < 4.78 is 0. The van der Waals surface area contributed by atoms with Gasteiger partial charge in [-0.2, -0.15) is 0 Å². The third kappa shape index (κ3) is 1.88. The minimum atomic E-state index is 0.150. The molecule has 1 aromatic heterocycles. The summed E-state index contributed by atoms with van der Waals surface area (Å²) in [6.07, 6.45) is 3.72. The Bertz CT molecular complexity index is 996. The van der Waals surface area contributed by atoms with Crippen molar-refractivity contribution in [2.45, 2.75) is 84.6 Å². The van der Waals surface area contributed by atoms with Crippen molar-refractivity contribution < 1.29 is 0 Å². The zero-order chi connectivity index (χ0) is 20.2. The zero-order valence-electron chi connectivity index (χ0n) is 18.9. The quantitative estimate of drug-likeness (QED) is 0.529. The van der Waals surface area contributed by atoms with Gasteiger partial charge in [0.05, 0.1) is 0 Å². The summed E-state index contributed by atoms with van der Waals surface area (Å²) in [6, 6.07) is 5.46. The summed E-state index contributed by atoms with van der Waals surface area (Å²) in [5.74, 6) is 0. The van der Waals surface area contributed by atoms with E-state index in [9.17, 15) is 0 Å². The highest BCUT2D eigenvalue weighted by atomic mass is 32.1. The van der Waals surface area contributed by atoms with Gasteiger partial charge in [0.2, 0.25) is 0 Å². The second kappa shape index (κ2) is 5.52. The maximum Gasteiger partial charge on any atom is 0.0199 e. The Balaban J connectivity index is 1.93. The first-order chi connectivity index (χ1) is 13.1. The van der Waals surface area contributed by atoms with Crippen molar-refractivity contribution in [3.05, 3.63) is 55.3 Å². The third-order valence-corrected chi connectivity index (χ3v) is 10.6. The Kier molecular flexibility index (Phi) is 3.72. The number of rotatable bonds is 0. The van der Waals surface area contributed by atoms with E-state index in [1.807, 2.05) is 0 Å². The van der Waals surface area contributed by atoms with E-state index in [0.717, 1.165) is 0 Å². The number of likely N-dealkylation sites (N-methyl/N-ethyl adjacent to an activating group) is 1. The van der Waals surface area contributed by atoms with E-state index in [0.29, 0.717) is 6.04 Å². The van der Waals surface area contributed by atoms with Crippen LogP contribution in [0.1, 0.15) is 70.3 Å². The number of thiophene rings is 1. The van der Waals surface area contributed by atoms with E-state index >= 15 is 0 Å². The highest BCUT2D eigenvalue weighted by molar-refractivity contribution is 7.12. The van der Waals surface area contributed by atoms with Crippen LogP contribution in [0, 0.1) is 33.1 Å². The molecule has 2 heteroatoms. The predicted octanol–water partition coefficient (Wildman–Crippen LogP) is 6.02. The zero-order valence-corrected chi connectivity index (χ0v) is 19.7. The topological polar surface area (TPSA) is 3.24 Å². The number of nitrogens with zero attached hydrogens (tertiary/aromatic N) is 1. The first kappa shape index (κ1) is 18.9. The van der Waals surface area contributed by atoms with Crippen LogP contribution in [0.3, 0.4) is 0 Å². The third-order valence-electron chi connectivity index (χ3n) is 9.42. The average molecular weight is 394 g/mol. The number of hydrogen-bond acceptors (Lipinski definition) is 2. The van der Waals surface area contributed by atoms with Crippen LogP contribution in [0.5, 0.6) is 0 Å². The smallest absolute Gasteiger partial charge is 0.0199 e. The molecule has 5 rings (SSSR count). The highest BCUT2D eigenvalue weighted by Crippen LogP contribution is 2.69. The maximum absolute atomic E-state index is 2.69. The molecule has 1 fully saturated rings. The molecule has 1 aliphatic heterocycles. The number of benzene rings is 1. The van der Waals surface area contributed by atoms with Crippen molar-refractivity contribution in [2.75, 3.05) is 13.6 Å². The van der Waals surface area contributed by atoms with Gasteiger partial charge in [-0.25, -0.2) is 0 Å². The second-order valence-corrected chi connectivity index (χ2v) is 12.0. The fraction of sp³-hybridized carbons (Fsp3) is 0.615. The van der Waals surface area contributed by atoms with E-state index in [-0.39, 0.29) is 16.2 Å². The minimum absolute atomic E-state index is 0.150. The van der Waals surface area contributed by atoms with Gasteiger partial charge in [0.25, 0.3) is 0 Å². The van der Waals surface area contributed by atoms with Crippen LogP contribution in [0.2, 0.25) is 0 Å². The van der Waals surface area contributed by atoms with Crippen LogP contribution in [-0.2, 0) is 23.7 Å². The monoisotopic (exact) mass is 393 g/mol. The molecule has 1 nitrogen and oxygen atoms in total. The van der Waals surface area contributed by atoms with Gasteiger partial charge in [0.15, 0.2) is 0 Å². The van der Waals surface area contributed by atoms with Crippen molar-refractivity contribution in [2.24, 2.45) is 5.41 Å². The molecule has 28 heavy (non-hydrogen) atoms. The van der Waals surface area contributed by atoms with Gasteiger partial charge in [0.1, 0.15) is 0 Å². The lowest BCUT2D eigenvalue weighted by atomic mass is 9.37. The lowest BCUT2D eigenvalue weighted by Crippen LogP contribution is -2.72. The van der Waals surface area contributed by atoms with Gasteiger partial charge in [-0.1, -0.05) is 32.9 Å². The standard InChI is InChI=1S/C26H35NS/c1-15-9-10-19-13-21-25(7)14-20-23(17(3)18(4)28-20)24(5,6)26(25,11-12-27(21)8)22(19)16(15)2/h9-10,21H,11-14H2,1-8H3/t21?,25-,26-/m0/s1. The number of hydrogen-bond donors (Lipinski definition) is 0. The molecule has 0 spiro atoms. The Morgan fingerprint density at radius 2 is 1.71 bits per heavy atom. The van der Waals surface area contributed by atoms with Crippen molar-refractivity contribution in [3.8, 4) is 0 Å². The highest BCUT2D eigenvalue weighted by Gasteiger charge is 2.69. The van der Waals surface area contributed by atoms with Crippen LogP contribution in [0.15, 0.2) is 12.1 Å². The first-order valence-corrected chi connectivity index (χ1v) is 11.8. The molecule has 2 bridgehead atoms. The molecule has 1 saturated heterocycles. The molecule has 3 atom stereocenters. The van der Waals surface area contributed by atoms with Gasteiger partial charge in [-0.05, 0) is 99.3 Å². The molecule has 1 aromatic carbocycles. The largest absolute Gasteiger partial charge is 0.302 e. The molecule has 0 radical (unpaired) electrons. The van der Waals surface area contributed by atoms with E-state index in [4.69, 9.17) is 0 Å². The molecule has 3 aliphatic rings. The van der Waals surface area contributed by atoms with Gasteiger partial charge >= 0.3 is 0 Å². The molecule has 2 aromatic rings. The van der Waals surface area contributed by atoms with Crippen molar-refractivity contribution >= 4 is 11.3 Å². The van der Waals surface area contributed by atoms with Crippen LogP contribution in [0.25, 0.3) is 0 Å². The minimum Gasteiger partial charge on any atom is -0.302 e. The maximum atomic E-state index is 2.69. The summed E-state index contributed by atoms with van der Waals surface area (Å²) in [7, 11) is 2.37. The van der Waals surface area contributed by atoms with Gasteiger partial charge in [-0.15, -0.1) is 11.3 Å². The normalized spacial score (nSPS) is 33.2. The van der Waals surface area contributed by atoms with Gasteiger partial charge in [-0.3, -0.25) is 0 Å². The molecular formula is C26H35NS. The molecule has 150 valence electrons. The van der Waals surface area contributed by atoms with Gasteiger partial charge < -0.3 is 4.90 Å². The Hall–Kier alpha value is -1.12. The molecule has 2 heterocycles. The first-order valence-electron chi connectivity index (χ1n) is 11.0. The summed E-state index contributed by atoms with van der Waals surface area (Å²) in [5, 5.41) is 0. The number of piperidine rings is 1. The second-order valence-electron chi connectivity index (χ2n) is 10.7. The lowest BCUT2D eigenvalue weighted by Gasteiger charge is -2.70. The molecule has 0 amide bonds. The van der Waals surface area contributed by atoms with Crippen molar-refractivity contribution in [1.82, 2.24) is 4.90 Å². The fourth-order valence-corrected chi connectivity index (χ4v) is 9.49. The van der Waals surface area contributed by atoms with Crippen molar-refractivity contribution in [3.63, 3.8) is 0 Å². The fourth-order valence-electron chi connectivity index (χ4n) is 7.99. The SMILES string of the molecule is Cc1ccc2c(c1C)[C@]13CCN(C)C(C2)[C@]1(C)Cc1sc(C)c(C)c1C3(C)C. The van der Waals surface area contributed by atoms with E-state index in [2.05, 4.69) is 83.9 Å². The Morgan fingerprint density at radius 1 is 1.00 bits per heavy atom. The van der Waals surface area contributed by atoms with Crippen LogP contribution in [0.4, 0.5) is 0 Å². The molecule has 0 saturated carbocycles. The molecule has 2 aliphatic carbocycles. The molecule has 0 N–H and O–H groups in total. The molecular weight excluding hydrogens is 358 g/mol.